The topological polar surface area (TPSA) is 91.6 Å². The zero-order valence-corrected chi connectivity index (χ0v) is 17.2. The van der Waals surface area contributed by atoms with E-state index in [1.165, 1.54) is 0 Å². The van der Waals surface area contributed by atoms with Crippen LogP contribution >= 0.6 is 0 Å². The molecule has 1 aromatic rings. The number of amides is 2. The van der Waals surface area contributed by atoms with Gasteiger partial charge in [-0.25, -0.2) is 0 Å². The summed E-state index contributed by atoms with van der Waals surface area (Å²) in [6.07, 6.45) is 8.41. The normalized spacial score (nSPS) is 25.3. The number of hydrogen-bond acceptors (Lipinski definition) is 5. The molecule has 0 aromatic carbocycles. The second kappa shape index (κ2) is 8.79. The highest BCUT2D eigenvalue weighted by Gasteiger charge is 2.43. The van der Waals surface area contributed by atoms with Gasteiger partial charge in [0, 0.05) is 31.9 Å². The molecule has 0 unspecified atom stereocenters. The third-order valence-electron chi connectivity index (χ3n) is 6.93. The second-order valence-electron chi connectivity index (χ2n) is 8.91. The number of nitrogens with two attached hydrogens (primary N) is 1. The predicted octanol–water partition coefficient (Wildman–Crippen LogP) is 1.28. The molecule has 1 aromatic heterocycles. The molecule has 1 aliphatic carbocycles. The average molecular weight is 400 g/mol. The molecule has 3 aliphatic rings. The summed E-state index contributed by atoms with van der Waals surface area (Å²) in [6.45, 7) is 3.92. The highest BCUT2D eigenvalue weighted by atomic mass is 16.2. The summed E-state index contributed by atoms with van der Waals surface area (Å²) in [4.78, 5) is 34.0. The molecule has 2 saturated heterocycles. The Labute approximate surface area is 173 Å². The van der Waals surface area contributed by atoms with E-state index in [4.69, 9.17) is 5.73 Å². The number of carbonyl (C=O) groups is 2. The van der Waals surface area contributed by atoms with Crippen molar-refractivity contribution in [3.63, 3.8) is 0 Å². The molecule has 29 heavy (non-hydrogen) atoms. The Morgan fingerprint density at radius 3 is 2.59 bits per heavy atom. The van der Waals surface area contributed by atoms with Crippen molar-refractivity contribution in [3.8, 4) is 0 Å². The van der Waals surface area contributed by atoms with Gasteiger partial charge in [0.2, 0.25) is 11.8 Å². The van der Waals surface area contributed by atoms with Gasteiger partial charge in [-0.15, -0.1) is 0 Å². The molecule has 3 fully saturated rings. The molecule has 0 radical (unpaired) electrons. The summed E-state index contributed by atoms with van der Waals surface area (Å²) >= 11 is 0. The van der Waals surface area contributed by atoms with Gasteiger partial charge in [0.15, 0.2) is 0 Å². The molecule has 7 nitrogen and oxygen atoms in total. The number of piperidine rings is 2. The van der Waals surface area contributed by atoms with Crippen LogP contribution in [-0.2, 0) is 16.1 Å². The summed E-state index contributed by atoms with van der Waals surface area (Å²) in [6, 6.07) is 6.20. The summed E-state index contributed by atoms with van der Waals surface area (Å²) in [5.41, 5.74) is 6.52. The fraction of sp³-hybridized carbons (Fsp3) is 0.682. The molecule has 7 heteroatoms. The first-order valence-electron chi connectivity index (χ1n) is 11.1. The maximum absolute atomic E-state index is 12.7. The van der Waals surface area contributed by atoms with Crippen molar-refractivity contribution < 1.29 is 9.59 Å². The van der Waals surface area contributed by atoms with Crippen LogP contribution in [0.3, 0.4) is 0 Å². The van der Waals surface area contributed by atoms with Gasteiger partial charge in [-0.2, -0.15) is 0 Å². The molecule has 158 valence electrons. The van der Waals surface area contributed by atoms with E-state index >= 15 is 0 Å². The van der Waals surface area contributed by atoms with E-state index < -0.39 is 5.54 Å². The third kappa shape index (κ3) is 4.61. The molecule has 2 aliphatic heterocycles. The van der Waals surface area contributed by atoms with E-state index in [9.17, 15) is 9.59 Å². The first kappa shape index (κ1) is 20.3. The molecular formula is C22H33N5O2. The summed E-state index contributed by atoms with van der Waals surface area (Å²) in [7, 11) is 0. The van der Waals surface area contributed by atoms with E-state index in [0.717, 1.165) is 76.8 Å². The SMILES string of the molecule is NC1(C(=O)N2CCC(N3CCC[C@H](C(=O)NCc4ccccn4)C3)CC2)CCC1. The van der Waals surface area contributed by atoms with Crippen LogP contribution in [0.4, 0.5) is 0 Å². The van der Waals surface area contributed by atoms with Crippen LogP contribution in [0, 0.1) is 5.92 Å². The molecule has 4 rings (SSSR count). The van der Waals surface area contributed by atoms with Crippen LogP contribution in [0.5, 0.6) is 0 Å². The van der Waals surface area contributed by atoms with Crippen LogP contribution in [0.1, 0.15) is 50.6 Å². The van der Waals surface area contributed by atoms with Gasteiger partial charge in [0.05, 0.1) is 23.7 Å². The lowest BCUT2D eigenvalue weighted by Crippen LogP contribution is -2.61. The predicted molar refractivity (Wildman–Crippen MR) is 111 cm³/mol. The zero-order valence-electron chi connectivity index (χ0n) is 17.2. The summed E-state index contributed by atoms with van der Waals surface area (Å²) in [5.74, 6) is 0.310. The molecule has 3 heterocycles. The Balaban J connectivity index is 1.24. The summed E-state index contributed by atoms with van der Waals surface area (Å²) < 4.78 is 0. The Kier molecular flexibility index (Phi) is 6.15. The Hall–Kier alpha value is -1.99. The molecule has 0 bridgehead atoms. The van der Waals surface area contributed by atoms with E-state index in [2.05, 4.69) is 15.2 Å². The van der Waals surface area contributed by atoms with Crippen LogP contribution < -0.4 is 11.1 Å². The lowest BCUT2D eigenvalue weighted by atomic mass is 9.76. The lowest BCUT2D eigenvalue weighted by Gasteiger charge is -2.45. The van der Waals surface area contributed by atoms with E-state index in [0.29, 0.717) is 12.6 Å². The van der Waals surface area contributed by atoms with Crippen LogP contribution in [-0.4, -0.2) is 64.4 Å². The lowest BCUT2D eigenvalue weighted by molar-refractivity contribution is -0.141. The van der Waals surface area contributed by atoms with Gasteiger partial charge in [-0.05, 0) is 63.6 Å². The van der Waals surface area contributed by atoms with Gasteiger partial charge >= 0.3 is 0 Å². The van der Waals surface area contributed by atoms with Crippen molar-refractivity contribution in [1.82, 2.24) is 20.1 Å². The highest BCUT2D eigenvalue weighted by Crippen LogP contribution is 2.32. The first-order chi connectivity index (χ1) is 14.0. The van der Waals surface area contributed by atoms with E-state index in [1.807, 2.05) is 23.1 Å². The number of carbonyl (C=O) groups excluding carboxylic acids is 2. The molecule has 0 spiro atoms. The Morgan fingerprint density at radius 2 is 1.93 bits per heavy atom. The number of aromatic nitrogens is 1. The van der Waals surface area contributed by atoms with Crippen molar-refractivity contribution in [2.24, 2.45) is 11.7 Å². The number of likely N-dealkylation sites (tertiary alicyclic amines) is 2. The molecule has 1 saturated carbocycles. The van der Waals surface area contributed by atoms with E-state index in [1.54, 1.807) is 6.20 Å². The minimum Gasteiger partial charge on any atom is -0.350 e. The number of rotatable bonds is 5. The maximum Gasteiger partial charge on any atom is 0.242 e. The highest BCUT2D eigenvalue weighted by molar-refractivity contribution is 5.87. The van der Waals surface area contributed by atoms with Crippen LogP contribution in [0.15, 0.2) is 24.4 Å². The van der Waals surface area contributed by atoms with Crippen molar-refractivity contribution >= 4 is 11.8 Å². The van der Waals surface area contributed by atoms with Gasteiger partial charge in [0.25, 0.3) is 0 Å². The average Bonchev–Trinajstić information content (AvgIpc) is 2.76. The van der Waals surface area contributed by atoms with Crippen LogP contribution in [0.2, 0.25) is 0 Å². The van der Waals surface area contributed by atoms with Crippen LogP contribution in [0.25, 0.3) is 0 Å². The minimum atomic E-state index is -0.589. The van der Waals surface area contributed by atoms with Gasteiger partial charge < -0.3 is 16.0 Å². The Morgan fingerprint density at radius 1 is 1.14 bits per heavy atom. The number of nitrogens with zero attached hydrogens (tertiary/aromatic N) is 3. The van der Waals surface area contributed by atoms with Crippen molar-refractivity contribution in [1.29, 1.82) is 0 Å². The number of pyridine rings is 1. The van der Waals surface area contributed by atoms with Crippen molar-refractivity contribution in [2.45, 2.75) is 63.1 Å². The standard InChI is InChI=1S/C22H33N5O2/c23-22(9-4-10-22)21(29)26-13-7-19(8-14-26)27-12-3-5-17(16-27)20(28)25-15-18-6-1-2-11-24-18/h1-2,6,11,17,19H,3-5,7-10,12-16,23H2,(H,25,28)/t17-/m0/s1. The quantitative estimate of drug-likeness (QED) is 0.778. The van der Waals surface area contributed by atoms with Crippen molar-refractivity contribution in [3.05, 3.63) is 30.1 Å². The van der Waals surface area contributed by atoms with E-state index in [-0.39, 0.29) is 17.7 Å². The molecular weight excluding hydrogens is 366 g/mol. The third-order valence-corrected chi connectivity index (χ3v) is 6.93. The van der Waals surface area contributed by atoms with Crippen molar-refractivity contribution in [2.75, 3.05) is 26.2 Å². The smallest absolute Gasteiger partial charge is 0.242 e. The van der Waals surface area contributed by atoms with Gasteiger partial charge in [-0.1, -0.05) is 6.07 Å². The fourth-order valence-corrected chi connectivity index (χ4v) is 4.90. The Bertz CT molecular complexity index is 713. The number of nitrogens with one attached hydrogen (secondary N) is 1. The molecule has 1 atom stereocenters. The largest absolute Gasteiger partial charge is 0.350 e. The molecule has 3 N–H and O–H groups in total. The first-order valence-corrected chi connectivity index (χ1v) is 11.1. The maximum atomic E-state index is 12.7. The second-order valence-corrected chi connectivity index (χ2v) is 8.91. The number of hydrogen-bond donors (Lipinski definition) is 2. The fourth-order valence-electron chi connectivity index (χ4n) is 4.90. The minimum absolute atomic E-state index is 0.0365. The molecule has 2 amide bonds. The van der Waals surface area contributed by atoms with Gasteiger partial charge in [-0.3, -0.25) is 19.5 Å². The zero-order chi connectivity index (χ0) is 20.3. The monoisotopic (exact) mass is 399 g/mol. The summed E-state index contributed by atoms with van der Waals surface area (Å²) in [5, 5.41) is 3.05. The van der Waals surface area contributed by atoms with Gasteiger partial charge in [0.1, 0.15) is 0 Å².